The van der Waals surface area contributed by atoms with Crippen LogP contribution in [0.1, 0.15) is 6.92 Å². The monoisotopic (exact) mass is 145 g/mol. The molecule has 0 amide bonds. The number of hydrogen-bond donors (Lipinski definition) is 0. The summed E-state index contributed by atoms with van der Waals surface area (Å²) < 4.78 is 0. The predicted molar refractivity (Wildman–Crippen MR) is 46.9 cm³/mol. The van der Waals surface area contributed by atoms with Crippen LogP contribution in [0.5, 0.6) is 0 Å². The second kappa shape index (κ2) is 4.07. The van der Waals surface area contributed by atoms with Gasteiger partial charge in [-0.05, 0) is 26.2 Å². The van der Waals surface area contributed by atoms with Gasteiger partial charge in [-0.1, -0.05) is 20.0 Å². The molecule has 0 bridgehead atoms. The van der Waals surface area contributed by atoms with Crippen molar-refractivity contribution in [2.24, 2.45) is 0 Å². The molecule has 2 heteroatoms. The van der Waals surface area contributed by atoms with Crippen molar-refractivity contribution < 1.29 is 0 Å². The summed E-state index contributed by atoms with van der Waals surface area (Å²) in [6, 6.07) is 0. The Morgan fingerprint density at radius 2 is 1.78 bits per heavy atom. The van der Waals surface area contributed by atoms with Crippen LogP contribution in [0.3, 0.4) is 0 Å². The lowest BCUT2D eigenvalue weighted by Crippen LogP contribution is -2.23. The van der Waals surface area contributed by atoms with E-state index in [-0.39, 0.29) is 8.80 Å². The van der Waals surface area contributed by atoms with Gasteiger partial charge in [-0.25, -0.2) is 0 Å². The lowest BCUT2D eigenvalue weighted by atomic mass is 10.4. The zero-order chi connectivity index (χ0) is 7.44. The Morgan fingerprint density at radius 3 is 1.89 bits per heavy atom. The lowest BCUT2D eigenvalue weighted by Gasteiger charge is -2.18. The Labute approximate surface area is 60.7 Å². The second-order valence-electron chi connectivity index (χ2n) is 3.48. The average Bonchev–Trinajstić information content (AvgIpc) is 1.63. The Morgan fingerprint density at radius 1 is 1.33 bits per heavy atom. The lowest BCUT2D eigenvalue weighted by molar-refractivity contribution is 0.406. The van der Waals surface area contributed by atoms with E-state index < -0.39 is 0 Å². The largest absolute Gasteiger partial charge is 0.309 e. The molecular weight excluding hydrogens is 126 g/mol. The van der Waals surface area contributed by atoms with Crippen molar-refractivity contribution in [3.63, 3.8) is 0 Å². The minimum Gasteiger partial charge on any atom is -0.309 e. The molecule has 0 unspecified atom stereocenters. The molecule has 0 fully saturated rings. The quantitative estimate of drug-likeness (QED) is 0.543. The predicted octanol–water partition coefficient (Wildman–Crippen LogP) is 1.42. The zero-order valence-corrected chi connectivity index (χ0v) is 8.46. The van der Waals surface area contributed by atoms with E-state index in [0.29, 0.717) is 0 Å². The summed E-state index contributed by atoms with van der Waals surface area (Å²) >= 11 is 0. The van der Waals surface area contributed by atoms with E-state index in [0.717, 1.165) is 5.54 Å². The number of rotatable bonds is 3. The first-order valence-corrected chi connectivity index (χ1v) is 6.66. The Bertz CT molecular complexity index is 71.3. The van der Waals surface area contributed by atoms with Crippen molar-refractivity contribution in [3.05, 3.63) is 0 Å². The van der Waals surface area contributed by atoms with Gasteiger partial charge < -0.3 is 4.90 Å². The summed E-state index contributed by atoms with van der Waals surface area (Å²) in [6.07, 6.45) is 0. The first-order chi connectivity index (χ1) is 4.04. The van der Waals surface area contributed by atoms with Gasteiger partial charge in [0, 0.05) is 8.80 Å². The Balaban J connectivity index is 3.38. The van der Waals surface area contributed by atoms with E-state index in [1.807, 2.05) is 0 Å². The standard InChI is InChI=1S/C7H19NSi/c1-7(9(4)5)6-8(2)3/h7,9H,6H2,1-5H3/t7-/m0/s1. The molecule has 1 atom stereocenters. The molecular formula is C7H19NSi. The normalized spacial score (nSPS) is 15.0. The molecule has 0 aliphatic heterocycles. The SMILES string of the molecule is C[C@@H](CN(C)C)[SiH](C)C. The highest BCUT2D eigenvalue weighted by Crippen LogP contribution is 2.08. The van der Waals surface area contributed by atoms with Crippen LogP contribution < -0.4 is 0 Å². The summed E-state index contributed by atoms with van der Waals surface area (Å²) in [5.74, 6) is 0. The van der Waals surface area contributed by atoms with Gasteiger partial charge in [-0.15, -0.1) is 0 Å². The van der Waals surface area contributed by atoms with Gasteiger partial charge in [0.2, 0.25) is 0 Å². The maximum Gasteiger partial charge on any atom is 0.0349 e. The summed E-state index contributed by atoms with van der Waals surface area (Å²) in [5.41, 5.74) is 0.958. The van der Waals surface area contributed by atoms with E-state index >= 15 is 0 Å². The maximum absolute atomic E-state index is 2.41. The van der Waals surface area contributed by atoms with E-state index in [1.54, 1.807) is 0 Å². The smallest absolute Gasteiger partial charge is 0.0349 e. The Hall–Kier alpha value is 0.177. The molecule has 0 aromatic carbocycles. The summed E-state index contributed by atoms with van der Waals surface area (Å²) in [5, 5.41) is 0. The molecule has 0 radical (unpaired) electrons. The molecule has 0 saturated heterocycles. The van der Waals surface area contributed by atoms with Crippen LogP contribution in [0.15, 0.2) is 0 Å². The molecule has 0 aromatic rings. The molecule has 0 saturated carbocycles. The van der Waals surface area contributed by atoms with Gasteiger partial charge in [-0.3, -0.25) is 0 Å². The third-order valence-corrected chi connectivity index (χ3v) is 4.28. The van der Waals surface area contributed by atoms with Crippen LogP contribution in [0.2, 0.25) is 18.6 Å². The van der Waals surface area contributed by atoms with Gasteiger partial charge in [0.25, 0.3) is 0 Å². The fourth-order valence-electron chi connectivity index (χ4n) is 0.787. The van der Waals surface area contributed by atoms with E-state index in [4.69, 9.17) is 0 Å². The molecule has 56 valence electrons. The van der Waals surface area contributed by atoms with Crippen molar-refractivity contribution in [1.82, 2.24) is 4.90 Å². The minimum atomic E-state index is -0.362. The van der Waals surface area contributed by atoms with Gasteiger partial charge in [-0.2, -0.15) is 0 Å². The highest BCUT2D eigenvalue weighted by molar-refractivity contribution is 6.57. The fourth-order valence-corrected chi connectivity index (χ4v) is 1.63. The molecule has 0 rings (SSSR count). The average molecular weight is 145 g/mol. The van der Waals surface area contributed by atoms with Crippen LogP contribution in [-0.2, 0) is 0 Å². The highest BCUT2D eigenvalue weighted by Gasteiger charge is 2.07. The summed E-state index contributed by atoms with van der Waals surface area (Å²) in [4.78, 5) is 2.28. The zero-order valence-electron chi connectivity index (χ0n) is 7.31. The molecule has 9 heavy (non-hydrogen) atoms. The van der Waals surface area contributed by atoms with Crippen LogP contribution in [0, 0.1) is 0 Å². The van der Waals surface area contributed by atoms with Gasteiger partial charge in [0.05, 0.1) is 0 Å². The topological polar surface area (TPSA) is 3.24 Å². The third-order valence-electron chi connectivity index (χ3n) is 1.79. The molecule has 0 aliphatic rings. The number of hydrogen-bond acceptors (Lipinski definition) is 1. The number of nitrogens with zero attached hydrogens (tertiary/aromatic N) is 1. The van der Waals surface area contributed by atoms with Crippen molar-refractivity contribution in [1.29, 1.82) is 0 Å². The molecule has 1 nitrogen and oxygen atoms in total. The van der Waals surface area contributed by atoms with Gasteiger partial charge >= 0.3 is 0 Å². The third kappa shape index (κ3) is 4.67. The van der Waals surface area contributed by atoms with Crippen LogP contribution in [0.25, 0.3) is 0 Å². The first-order valence-electron chi connectivity index (χ1n) is 3.68. The molecule has 0 spiro atoms. The van der Waals surface area contributed by atoms with Gasteiger partial charge in [0.1, 0.15) is 0 Å². The van der Waals surface area contributed by atoms with Crippen molar-refractivity contribution in [2.75, 3.05) is 20.6 Å². The van der Waals surface area contributed by atoms with Gasteiger partial charge in [0.15, 0.2) is 0 Å². The molecule has 0 N–H and O–H groups in total. The first kappa shape index (κ1) is 9.18. The minimum absolute atomic E-state index is 0.362. The van der Waals surface area contributed by atoms with E-state index in [9.17, 15) is 0 Å². The van der Waals surface area contributed by atoms with Crippen LogP contribution in [0.4, 0.5) is 0 Å². The van der Waals surface area contributed by atoms with Crippen molar-refractivity contribution >= 4 is 8.80 Å². The fraction of sp³-hybridized carbons (Fsp3) is 1.00. The van der Waals surface area contributed by atoms with E-state index in [2.05, 4.69) is 39.0 Å². The van der Waals surface area contributed by atoms with Crippen LogP contribution in [-0.4, -0.2) is 34.3 Å². The molecule has 0 heterocycles. The second-order valence-corrected chi connectivity index (χ2v) is 7.11. The van der Waals surface area contributed by atoms with E-state index in [1.165, 1.54) is 6.54 Å². The maximum atomic E-state index is 2.41. The van der Waals surface area contributed by atoms with Crippen LogP contribution >= 0.6 is 0 Å². The van der Waals surface area contributed by atoms with Crippen molar-refractivity contribution in [3.8, 4) is 0 Å². The highest BCUT2D eigenvalue weighted by atomic mass is 28.3. The summed E-state index contributed by atoms with van der Waals surface area (Å²) in [7, 11) is 3.93. The van der Waals surface area contributed by atoms with Crippen molar-refractivity contribution in [2.45, 2.75) is 25.6 Å². The Kier molecular flexibility index (Phi) is 4.15. The molecule has 0 aromatic heterocycles. The summed E-state index contributed by atoms with van der Waals surface area (Å²) in [6.45, 7) is 8.45. The molecule has 0 aliphatic carbocycles.